The van der Waals surface area contributed by atoms with Crippen LogP contribution in [0.1, 0.15) is 17.0 Å². The number of benzene rings is 1. The number of nitrogens with zero attached hydrogens (tertiary/aromatic N) is 3. The lowest BCUT2D eigenvalue weighted by molar-refractivity contribution is 0.833. The van der Waals surface area contributed by atoms with Gasteiger partial charge in [0.2, 0.25) is 0 Å². The van der Waals surface area contributed by atoms with Gasteiger partial charge in [0.25, 0.3) is 0 Å². The smallest absolute Gasteiger partial charge is 0.101 e. The first-order valence-corrected chi connectivity index (χ1v) is 5.72. The van der Waals surface area contributed by atoms with Gasteiger partial charge in [-0.25, -0.2) is 4.68 Å². The van der Waals surface area contributed by atoms with Crippen molar-refractivity contribution in [1.82, 2.24) is 9.78 Å². The number of hydrogen-bond donors (Lipinski definition) is 0. The van der Waals surface area contributed by atoms with Crippen LogP contribution in [0.2, 0.25) is 10.0 Å². The van der Waals surface area contributed by atoms with E-state index in [9.17, 15) is 0 Å². The van der Waals surface area contributed by atoms with E-state index < -0.39 is 0 Å². The number of nitriles is 1. The highest BCUT2D eigenvalue weighted by Gasteiger charge is 2.11. The second-order valence-corrected chi connectivity index (χ2v) is 4.46. The Labute approximate surface area is 109 Å². The van der Waals surface area contributed by atoms with Crippen molar-refractivity contribution in [2.24, 2.45) is 0 Å². The fourth-order valence-electron chi connectivity index (χ4n) is 1.60. The third-order valence-corrected chi connectivity index (χ3v) is 3.38. The fraction of sp³-hybridized carbons (Fsp3) is 0.167. The van der Waals surface area contributed by atoms with Gasteiger partial charge in [0, 0.05) is 0 Å². The Morgan fingerprint density at radius 1 is 1.29 bits per heavy atom. The molecule has 5 heteroatoms. The number of rotatable bonds is 1. The largest absolute Gasteiger partial charge is 0.236 e. The standard InChI is InChI=1S/C12H9Cl2N3/c1-7-12(14)8(2)17(16-7)10-4-3-9(6-15)11(13)5-10/h3-5H,1-2H3. The summed E-state index contributed by atoms with van der Waals surface area (Å²) < 4.78 is 1.71. The molecule has 0 unspecified atom stereocenters. The molecule has 0 aliphatic heterocycles. The van der Waals surface area contributed by atoms with Gasteiger partial charge in [0.15, 0.2) is 0 Å². The summed E-state index contributed by atoms with van der Waals surface area (Å²) in [5.74, 6) is 0. The maximum Gasteiger partial charge on any atom is 0.101 e. The van der Waals surface area contributed by atoms with Crippen LogP contribution in [-0.2, 0) is 0 Å². The van der Waals surface area contributed by atoms with Crippen molar-refractivity contribution in [3.63, 3.8) is 0 Å². The first-order chi connectivity index (χ1) is 8.04. The minimum Gasteiger partial charge on any atom is -0.236 e. The molecule has 0 spiro atoms. The quantitative estimate of drug-likeness (QED) is 0.790. The Kier molecular flexibility index (Phi) is 3.10. The number of aryl methyl sites for hydroxylation is 1. The molecule has 0 N–H and O–H groups in total. The van der Waals surface area contributed by atoms with Crippen molar-refractivity contribution in [3.8, 4) is 11.8 Å². The first-order valence-electron chi connectivity index (χ1n) is 4.96. The molecular formula is C12H9Cl2N3. The summed E-state index contributed by atoms with van der Waals surface area (Å²) in [6.07, 6.45) is 0. The normalized spacial score (nSPS) is 10.3. The van der Waals surface area contributed by atoms with Crippen LogP contribution in [0.3, 0.4) is 0 Å². The van der Waals surface area contributed by atoms with Crippen molar-refractivity contribution >= 4 is 23.2 Å². The minimum absolute atomic E-state index is 0.411. The zero-order valence-corrected chi connectivity index (χ0v) is 10.8. The maximum absolute atomic E-state index is 8.80. The minimum atomic E-state index is 0.411. The Morgan fingerprint density at radius 3 is 2.47 bits per heavy atom. The number of aromatic nitrogens is 2. The van der Waals surface area contributed by atoms with Crippen LogP contribution in [0.4, 0.5) is 0 Å². The molecule has 2 aromatic rings. The SMILES string of the molecule is Cc1nn(-c2ccc(C#N)c(Cl)c2)c(C)c1Cl. The van der Waals surface area contributed by atoms with Crippen molar-refractivity contribution < 1.29 is 0 Å². The third kappa shape index (κ3) is 2.02. The van der Waals surface area contributed by atoms with Gasteiger partial charge in [-0.15, -0.1) is 0 Å². The van der Waals surface area contributed by atoms with Crippen LogP contribution >= 0.6 is 23.2 Å². The summed E-state index contributed by atoms with van der Waals surface area (Å²) >= 11 is 12.1. The van der Waals surface area contributed by atoms with Crippen LogP contribution in [0, 0.1) is 25.2 Å². The van der Waals surface area contributed by atoms with Crippen LogP contribution in [-0.4, -0.2) is 9.78 Å². The maximum atomic E-state index is 8.80. The van der Waals surface area contributed by atoms with E-state index in [1.807, 2.05) is 19.9 Å². The molecule has 0 saturated carbocycles. The van der Waals surface area contributed by atoms with E-state index in [1.54, 1.807) is 22.9 Å². The van der Waals surface area contributed by atoms with Gasteiger partial charge in [-0.1, -0.05) is 23.2 Å². The van der Waals surface area contributed by atoms with E-state index in [-0.39, 0.29) is 0 Å². The summed E-state index contributed by atoms with van der Waals surface area (Å²) in [4.78, 5) is 0. The molecule has 3 nitrogen and oxygen atoms in total. The zero-order valence-electron chi connectivity index (χ0n) is 9.33. The number of hydrogen-bond acceptors (Lipinski definition) is 2. The molecule has 86 valence electrons. The topological polar surface area (TPSA) is 41.6 Å². The molecule has 0 aliphatic rings. The van der Waals surface area contributed by atoms with Crippen LogP contribution in [0.15, 0.2) is 18.2 Å². The van der Waals surface area contributed by atoms with Crippen molar-refractivity contribution in [2.45, 2.75) is 13.8 Å². The summed E-state index contributed by atoms with van der Waals surface area (Å²) in [6, 6.07) is 7.18. The lowest BCUT2D eigenvalue weighted by atomic mass is 10.2. The van der Waals surface area contributed by atoms with Crippen LogP contribution in [0.5, 0.6) is 0 Å². The van der Waals surface area contributed by atoms with Gasteiger partial charge in [-0.2, -0.15) is 10.4 Å². The molecule has 0 radical (unpaired) electrons. The van der Waals surface area contributed by atoms with E-state index in [0.29, 0.717) is 15.6 Å². The lowest BCUT2D eigenvalue weighted by Crippen LogP contribution is -1.99. The number of halogens is 2. The van der Waals surface area contributed by atoms with E-state index >= 15 is 0 Å². The third-order valence-electron chi connectivity index (χ3n) is 2.52. The van der Waals surface area contributed by atoms with E-state index in [4.69, 9.17) is 28.5 Å². The first kappa shape index (κ1) is 12.0. The van der Waals surface area contributed by atoms with Crippen molar-refractivity contribution in [2.75, 3.05) is 0 Å². The Balaban J connectivity index is 2.58. The van der Waals surface area contributed by atoms with E-state index in [2.05, 4.69) is 5.10 Å². The van der Waals surface area contributed by atoms with Gasteiger partial charge in [-0.05, 0) is 32.0 Å². The van der Waals surface area contributed by atoms with E-state index in [1.165, 1.54) is 0 Å². The molecule has 0 aliphatic carbocycles. The highest BCUT2D eigenvalue weighted by molar-refractivity contribution is 6.32. The molecule has 0 amide bonds. The molecule has 1 aromatic carbocycles. The van der Waals surface area contributed by atoms with Crippen LogP contribution in [0.25, 0.3) is 5.69 Å². The lowest BCUT2D eigenvalue weighted by Gasteiger charge is -2.05. The van der Waals surface area contributed by atoms with Crippen LogP contribution < -0.4 is 0 Å². The average molecular weight is 266 g/mol. The Morgan fingerprint density at radius 2 is 2.00 bits per heavy atom. The second kappa shape index (κ2) is 4.40. The second-order valence-electron chi connectivity index (χ2n) is 3.67. The summed E-state index contributed by atoms with van der Waals surface area (Å²) in [6.45, 7) is 3.73. The van der Waals surface area contributed by atoms with Gasteiger partial charge in [0.05, 0.1) is 32.7 Å². The Hall–Kier alpha value is -1.50. The molecular weight excluding hydrogens is 257 g/mol. The molecule has 0 atom stereocenters. The van der Waals surface area contributed by atoms with Gasteiger partial charge in [-0.3, -0.25) is 0 Å². The highest BCUT2D eigenvalue weighted by atomic mass is 35.5. The van der Waals surface area contributed by atoms with E-state index in [0.717, 1.165) is 17.1 Å². The molecule has 0 saturated heterocycles. The van der Waals surface area contributed by atoms with Crippen molar-refractivity contribution in [1.29, 1.82) is 5.26 Å². The molecule has 17 heavy (non-hydrogen) atoms. The highest BCUT2D eigenvalue weighted by Crippen LogP contribution is 2.25. The predicted molar refractivity (Wildman–Crippen MR) is 67.8 cm³/mol. The van der Waals surface area contributed by atoms with Gasteiger partial charge < -0.3 is 0 Å². The summed E-state index contributed by atoms with van der Waals surface area (Å²) in [5.41, 5.74) is 2.86. The average Bonchev–Trinajstić information content (AvgIpc) is 2.57. The van der Waals surface area contributed by atoms with Gasteiger partial charge >= 0.3 is 0 Å². The summed E-state index contributed by atoms with van der Waals surface area (Å²) in [5, 5.41) is 14.2. The molecule has 2 rings (SSSR count). The Bertz CT molecular complexity index is 623. The molecule has 0 bridgehead atoms. The van der Waals surface area contributed by atoms with Gasteiger partial charge in [0.1, 0.15) is 6.07 Å². The molecule has 1 aromatic heterocycles. The predicted octanol–water partition coefficient (Wildman–Crippen LogP) is 3.67. The fourth-order valence-corrected chi connectivity index (χ4v) is 1.94. The summed E-state index contributed by atoms with van der Waals surface area (Å²) in [7, 11) is 0. The molecule has 0 fully saturated rings. The van der Waals surface area contributed by atoms with Crippen molar-refractivity contribution in [3.05, 3.63) is 45.2 Å². The monoisotopic (exact) mass is 265 g/mol. The molecule has 1 heterocycles. The zero-order chi connectivity index (χ0) is 12.6.